The van der Waals surface area contributed by atoms with E-state index in [1.165, 1.54) is 6.07 Å². The van der Waals surface area contributed by atoms with Crippen molar-refractivity contribution in [2.24, 2.45) is 0 Å². The number of nitrogens with zero attached hydrogens (tertiary/aromatic N) is 2. The lowest BCUT2D eigenvalue weighted by Gasteiger charge is -2.34. The fourth-order valence-electron chi connectivity index (χ4n) is 7.79. The Morgan fingerprint density at radius 3 is 1.76 bits per heavy atom. The van der Waals surface area contributed by atoms with Crippen molar-refractivity contribution < 1.29 is 8.78 Å². The third-order valence-corrected chi connectivity index (χ3v) is 10.0. The zero-order chi connectivity index (χ0) is 33.3. The Balaban J connectivity index is 1.29. The van der Waals surface area contributed by atoms with Crippen molar-refractivity contribution in [3.63, 3.8) is 0 Å². The van der Waals surface area contributed by atoms with Crippen LogP contribution in [0.4, 0.5) is 25.8 Å². The molecule has 2 heterocycles. The molecule has 0 unspecified atom stereocenters. The van der Waals surface area contributed by atoms with Gasteiger partial charge in [-0.1, -0.05) is 103 Å². The Kier molecular flexibility index (Phi) is 6.27. The number of anilines is 3. The van der Waals surface area contributed by atoms with Gasteiger partial charge in [-0.05, 0) is 94.5 Å². The van der Waals surface area contributed by atoms with E-state index in [4.69, 9.17) is 0 Å². The van der Waals surface area contributed by atoms with Crippen LogP contribution in [-0.4, -0.2) is 4.57 Å². The number of benzene rings is 8. The van der Waals surface area contributed by atoms with Gasteiger partial charge in [-0.25, -0.2) is 8.78 Å². The highest BCUT2D eigenvalue weighted by Crippen LogP contribution is 2.53. The Bertz CT molecular complexity index is 2780. The molecule has 4 heteroatoms. The molecule has 0 radical (unpaired) electrons. The second-order valence-corrected chi connectivity index (χ2v) is 12.8. The van der Waals surface area contributed by atoms with Gasteiger partial charge in [0, 0.05) is 38.5 Å². The van der Waals surface area contributed by atoms with Crippen LogP contribution >= 0.6 is 0 Å². The second-order valence-electron chi connectivity index (χ2n) is 12.8. The van der Waals surface area contributed by atoms with Crippen LogP contribution in [0.25, 0.3) is 71.6 Å². The zero-order valence-corrected chi connectivity index (χ0v) is 26.8. The lowest BCUT2D eigenvalue weighted by atomic mass is 9.89. The fourth-order valence-corrected chi connectivity index (χ4v) is 7.79. The molecule has 236 valence electrons. The highest BCUT2D eigenvalue weighted by Gasteiger charge is 2.29. The molecule has 0 atom stereocenters. The van der Waals surface area contributed by atoms with Gasteiger partial charge in [-0.2, -0.15) is 0 Å². The largest absolute Gasteiger partial charge is 0.309 e. The van der Waals surface area contributed by atoms with Crippen molar-refractivity contribution in [3.05, 3.63) is 181 Å². The number of hydrogen-bond donors (Lipinski definition) is 0. The molecule has 2 nitrogen and oxygen atoms in total. The smallest absolute Gasteiger partial charge is 0.131 e. The Morgan fingerprint density at radius 2 is 1.02 bits per heavy atom. The summed E-state index contributed by atoms with van der Waals surface area (Å²) in [6, 6.07) is 56.3. The molecule has 1 aromatic heterocycles. The van der Waals surface area contributed by atoms with Crippen molar-refractivity contribution in [1.82, 2.24) is 4.57 Å². The summed E-state index contributed by atoms with van der Waals surface area (Å²) >= 11 is 0. The summed E-state index contributed by atoms with van der Waals surface area (Å²) in [5.41, 5.74) is 12.0. The maximum Gasteiger partial charge on any atom is 0.131 e. The van der Waals surface area contributed by atoms with Crippen LogP contribution in [0, 0.1) is 11.6 Å². The molecule has 1 aliphatic rings. The van der Waals surface area contributed by atoms with Gasteiger partial charge >= 0.3 is 0 Å². The van der Waals surface area contributed by atoms with Crippen LogP contribution in [0.5, 0.6) is 0 Å². The summed E-state index contributed by atoms with van der Waals surface area (Å²) in [4.78, 5) is 2.25. The average Bonchev–Trinajstić information content (AvgIpc) is 3.48. The van der Waals surface area contributed by atoms with E-state index < -0.39 is 0 Å². The number of fused-ring (bicyclic) bond motifs is 5. The van der Waals surface area contributed by atoms with Gasteiger partial charge < -0.3 is 9.47 Å². The predicted molar refractivity (Wildman–Crippen MR) is 203 cm³/mol. The van der Waals surface area contributed by atoms with Gasteiger partial charge in [0.1, 0.15) is 11.6 Å². The maximum absolute atomic E-state index is 15.5. The molecule has 9 aromatic rings. The molecule has 1 aliphatic heterocycles. The highest BCUT2D eigenvalue weighted by atomic mass is 19.1. The SMILES string of the molecule is Fc1ccc2c(c1)c1cc3c(cc1n2-c1cccc(-c2ccccc2)c1)N(c1cccc(-c2ccccc2)c1)c1cccc2c(F)ccc-3c12. The normalized spacial score (nSPS) is 12.2. The summed E-state index contributed by atoms with van der Waals surface area (Å²) in [5.74, 6) is -0.550. The van der Waals surface area contributed by atoms with Gasteiger partial charge in [0.05, 0.1) is 22.4 Å². The van der Waals surface area contributed by atoms with E-state index in [0.29, 0.717) is 5.39 Å². The minimum Gasteiger partial charge on any atom is -0.309 e. The summed E-state index contributed by atoms with van der Waals surface area (Å²) in [6.45, 7) is 0. The number of aromatic nitrogens is 1. The molecule has 0 aliphatic carbocycles. The van der Waals surface area contributed by atoms with Gasteiger partial charge in [0.15, 0.2) is 0 Å². The first-order valence-corrected chi connectivity index (χ1v) is 16.7. The molecule has 0 spiro atoms. The first kappa shape index (κ1) is 28.5. The van der Waals surface area contributed by atoms with E-state index in [1.807, 2.05) is 60.7 Å². The van der Waals surface area contributed by atoms with E-state index in [-0.39, 0.29) is 11.6 Å². The number of hydrogen-bond acceptors (Lipinski definition) is 1. The van der Waals surface area contributed by atoms with Crippen LogP contribution in [0.2, 0.25) is 0 Å². The third-order valence-electron chi connectivity index (χ3n) is 10.0. The molecule has 0 saturated heterocycles. The Morgan fingerprint density at radius 1 is 0.380 bits per heavy atom. The fraction of sp³-hybridized carbons (Fsp3) is 0. The molecule has 0 fully saturated rings. The summed E-state index contributed by atoms with van der Waals surface area (Å²) in [6.07, 6.45) is 0. The molecule has 0 amide bonds. The van der Waals surface area contributed by atoms with E-state index in [9.17, 15) is 0 Å². The van der Waals surface area contributed by atoms with Crippen molar-refractivity contribution in [2.75, 3.05) is 4.90 Å². The monoisotopic (exact) mass is 646 g/mol. The van der Waals surface area contributed by atoms with Crippen LogP contribution in [0.3, 0.4) is 0 Å². The van der Waals surface area contributed by atoms with E-state index in [0.717, 1.165) is 83.3 Å². The summed E-state index contributed by atoms with van der Waals surface area (Å²) in [5, 5.41) is 3.18. The summed E-state index contributed by atoms with van der Waals surface area (Å²) < 4.78 is 32.7. The van der Waals surface area contributed by atoms with Crippen molar-refractivity contribution in [1.29, 1.82) is 0 Å². The molecule has 0 saturated carbocycles. The minimum absolute atomic E-state index is 0.259. The van der Waals surface area contributed by atoms with E-state index >= 15 is 8.78 Å². The molecule has 50 heavy (non-hydrogen) atoms. The molecular weight excluding hydrogens is 619 g/mol. The van der Waals surface area contributed by atoms with Crippen LogP contribution in [-0.2, 0) is 0 Å². The lowest BCUT2D eigenvalue weighted by Crippen LogP contribution is -2.15. The molecular formula is C46H28F2N2. The van der Waals surface area contributed by atoms with E-state index in [2.05, 4.69) is 100 Å². The first-order valence-electron chi connectivity index (χ1n) is 16.7. The summed E-state index contributed by atoms with van der Waals surface area (Å²) in [7, 11) is 0. The van der Waals surface area contributed by atoms with Crippen molar-refractivity contribution >= 4 is 49.6 Å². The van der Waals surface area contributed by atoms with Crippen LogP contribution in [0.15, 0.2) is 170 Å². The molecule has 8 aromatic carbocycles. The van der Waals surface area contributed by atoms with Crippen molar-refractivity contribution in [3.8, 4) is 39.1 Å². The lowest BCUT2D eigenvalue weighted by molar-refractivity contribution is 0.629. The van der Waals surface area contributed by atoms with Crippen LogP contribution < -0.4 is 4.90 Å². The zero-order valence-electron chi connectivity index (χ0n) is 26.8. The van der Waals surface area contributed by atoms with Gasteiger partial charge in [0.2, 0.25) is 0 Å². The first-order chi connectivity index (χ1) is 24.6. The number of rotatable bonds is 4. The number of halogens is 2. The highest BCUT2D eigenvalue weighted by molar-refractivity contribution is 6.19. The second kappa shape index (κ2) is 11.0. The van der Waals surface area contributed by atoms with Gasteiger partial charge in [-0.15, -0.1) is 0 Å². The Labute approximate surface area is 287 Å². The molecule has 0 bridgehead atoms. The van der Waals surface area contributed by atoms with Gasteiger partial charge in [-0.3, -0.25) is 0 Å². The standard InChI is InChI=1S/C46H28F2N2/c47-33-20-23-42-38(26-33)40-27-39-36-21-22-41(48)37-18-9-19-43(46(36)37)50(35-17-8-15-32(25-35)30-12-5-2-6-13-30)44(39)28-45(40)49(42)34-16-7-14-31(24-34)29-10-3-1-4-11-29/h1-28H. The average molecular weight is 647 g/mol. The molecule has 0 N–H and O–H groups in total. The maximum atomic E-state index is 15.5. The predicted octanol–water partition coefficient (Wildman–Crippen LogP) is 13.0. The van der Waals surface area contributed by atoms with E-state index in [1.54, 1.807) is 12.1 Å². The van der Waals surface area contributed by atoms with Crippen LogP contribution in [0.1, 0.15) is 0 Å². The third kappa shape index (κ3) is 4.32. The Hall–Kier alpha value is -6.52. The van der Waals surface area contributed by atoms with Gasteiger partial charge in [0.25, 0.3) is 0 Å². The van der Waals surface area contributed by atoms with Crippen molar-refractivity contribution in [2.45, 2.75) is 0 Å². The minimum atomic E-state index is -0.291. The topological polar surface area (TPSA) is 8.17 Å². The quantitative estimate of drug-likeness (QED) is 0.185. The molecule has 10 rings (SSSR count).